The molecule has 96 valence electrons. The molecule has 0 aliphatic heterocycles. The summed E-state index contributed by atoms with van der Waals surface area (Å²) in [4.78, 5) is 0. The number of nitrogens with two attached hydrogens (primary N) is 1. The zero-order valence-electron chi connectivity index (χ0n) is 10.2. The summed E-state index contributed by atoms with van der Waals surface area (Å²) >= 11 is 5.92. The molecule has 0 saturated carbocycles. The second-order valence-corrected chi connectivity index (χ2v) is 5.14. The van der Waals surface area contributed by atoms with E-state index in [1.165, 1.54) is 18.2 Å². The van der Waals surface area contributed by atoms with Gasteiger partial charge >= 0.3 is 0 Å². The van der Waals surface area contributed by atoms with E-state index >= 15 is 0 Å². The molecule has 2 nitrogen and oxygen atoms in total. The SMILES string of the molecule is CC(C)CC(CN)C(O)c1ccc(F)cc1Cl. The van der Waals surface area contributed by atoms with Crippen LogP contribution in [0.5, 0.6) is 0 Å². The van der Waals surface area contributed by atoms with Gasteiger partial charge in [-0.25, -0.2) is 4.39 Å². The molecule has 4 heteroatoms. The fraction of sp³-hybridized carbons (Fsp3) is 0.538. The van der Waals surface area contributed by atoms with E-state index in [2.05, 4.69) is 13.8 Å². The second-order valence-electron chi connectivity index (χ2n) is 4.74. The summed E-state index contributed by atoms with van der Waals surface area (Å²) in [5.41, 5.74) is 6.21. The Balaban J connectivity index is 2.89. The van der Waals surface area contributed by atoms with E-state index < -0.39 is 11.9 Å². The Kier molecular flexibility index (Phi) is 5.37. The van der Waals surface area contributed by atoms with Crippen molar-refractivity contribution in [1.29, 1.82) is 0 Å². The van der Waals surface area contributed by atoms with Gasteiger partial charge in [-0.15, -0.1) is 0 Å². The van der Waals surface area contributed by atoms with Crippen molar-refractivity contribution in [3.05, 3.63) is 34.6 Å². The van der Waals surface area contributed by atoms with Crippen LogP contribution in [0.25, 0.3) is 0 Å². The van der Waals surface area contributed by atoms with Crippen LogP contribution in [0.15, 0.2) is 18.2 Å². The van der Waals surface area contributed by atoms with Gasteiger partial charge in [-0.2, -0.15) is 0 Å². The van der Waals surface area contributed by atoms with Gasteiger partial charge in [-0.1, -0.05) is 31.5 Å². The third kappa shape index (κ3) is 3.95. The number of aliphatic hydroxyl groups is 1. The number of hydrogen-bond donors (Lipinski definition) is 2. The lowest BCUT2D eigenvalue weighted by atomic mass is 9.88. The minimum Gasteiger partial charge on any atom is -0.388 e. The Bertz CT molecular complexity index is 370. The summed E-state index contributed by atoms with van der Waals surface area (Å²) in [6, 6.07) is 4.03. The molecule has 0 spiro atoms. The van der Waals surface area contributed by atoms with E-state index in [4.69, 9.17) is 17.3 Å². The van der Waals surface area contributed by atoms with Crippen LogP contribution in [0.4, 0.5) is 4.39 Å². The molecular formula is C13H19ClFNO. The molecule has 0 saturated heterocycles. The molecule has 0 amide bonds. The van der Waals surface area contributed by atoms with Crippen LogP contribution in [0.1, 0.15) is 31.9 Å². The van der Waals surface area contributed by atoms with Gasteiger partial charge in [0, 0.05) is 10.9 Å². The van der Waals surface area contributed by atoms with E-state index in [1.54, 1.807) is 0 Å². The van der Waals surface area contributed by atoms with Gasteiger partial charge in [0.1, 0.15) is 5.82 Å². The van der Waals surface area contributed by atoms with Crippen LogP contribution in [-0.2, 0) is 0 Å². The van der Waals surface area contributed by atoms with Gasteiger partial charge in [0.2, 0.25) is 0 Å². The Labute approximate surface area is 107 Å². The summed E-state index contributed by atoms with van der Waals surface area (Å²) in [5.74, 6) is -0.0190. The van der Waals surface area contributed by atoms with Crippen molar-refractivity contribution < 1.29 is 9.50 Å². The molecule has 2 unspecified atom stereocenters. The summed E-state index contributed by atoms with van der Waals surface area (Å²) < 4.78 is 12.9. The zero-order chi connectivity index (χ0) is 13.0. The zero-order valence-corrected chi connectivity index (χ0v) is 10.9. The molecule has 1 rings (SSSR count). The van der Waals surface area contributed by atoms with E-state index in [9.17, 15) is 9.50 Å². The van der Waals surface area contributed by atoms with Crippen LogP contribution in [0.3, 0.4) is 0 Å². The highest BCUT2D eigenvalue weighted by molar-refractivity contribution is 6.31. The predicted molar refractivity (Wildman–Crippen MR) is 68.4 cm³/mol. The summed E-state index contributed by atoms with van der Waals surface area (Å²) in [6.07, 6.45) is 0.0706. The number of aliphatic hydroxyl groups excluding tert-OH is 1. The molecule has 17 heavy (non-hydrogen) atoms. The van der Waals surface area contributed by atoms with Gasteiger partial charge in [-0.05, 0) is 36.6 Å². The Morgan fingerprint density at radius 1 is 1.41 bits per heavy atom. The Hall–Kier alpha value is -0.640. The molecule has 1 aromatic carbocycles. The van der Waals surface area contributed by atoms with Crippen molar-refractivity contribution in [1.82, 2.24) is 0 Å². The average molecular weight is 260 g/mol. The quantitative estimate of drug-likeness (QED) is 0.853. The predicted octanol–water partition coefficient (Wildman–Crippen LogP) is 3.13. The smallest absolute Gasteiger partial charge is 0.124 e. The highest BCUT2D eigenvalue weighted by Gasteiger charge is 2.22. The van der Waals surface area contributed by atoms with E-state index in [0.29, 0.717) is 18.0 Å². The maximum absolute atomic E-state index is 12.9. The van der Waals surface area contributed by atoms with E-state index in [-0.39, 0.29) is 10.9 Å². The van der Waals surface area contributed by atoms with Crippen LogP contribution >= 0.6 is 11.6 Å². The molecule has 0 bridgehead atoms. The summed E-state index contributed by atoms with van der Waals surface area (Å²) in [6.45, 7) is 4.52. The minimum absolute atomic E-state index is 0.0574. The van der Waals surface area contributed by atoms with Gasteiger partial charge in [0.25, 0.3) is 0 Å². The van der Waals surface area contributed by atoms with Crippen molar-refractivity contribution in [3.63, 3.8) is 0 Å². The van der Waals surface area contributed by atoms with Crippen LogP contribution in [-0.4, -0.2) is 11.7 Å². The first kappa shape index (κ1) is 14.4. The monoisotopic (exact) mass is 259 g/mol. The molecule has 1 aromatic rings. The first-order valence-electron chi connectivity index (χ1n) is 5.78. The largest absolute Gasteiger partial charge is 0.388 e. The van der Waals surface area contributed by atoms with Crippen LogP contribution in [0, 0.1) is 17.7 Å². The normalized spacial score (nSPS) is 15.0. The highest BCUT2D eigenvalue weighted by atomic mass is 35.5. The van der Waals surface area contributed by atoms with Crippen LogP contribution in [0.2, 0.25) is 5.02 Å². The number of hydrogen-bond acceptors (Lipinski definition) is 2. The Morgan fingerprint density at radius 3 is 2.53 bits per heavy atom. The summed E-state index contributed by atoms with van der Waals surface area (Å²) in [5, 5.41) is 10.5. The van der Waals surface area contributed by atoms with Gasteiger partial charge in [-0.3, -0.25) is 0 Å². The number of halogens is 2. The van der Waals surface area contributed by atoms with Crippen molar-refractivity contribution in [2.75, 3.05) is 6.54 Å². The molecule has 0 radical (unpaired) electrons. The molecule has 2 atom stereocenters. The van der Waals surface area contributed by atoms with Crippen molar-refractivity contribution in [3.8, 4) is 0 Å². The highest BCUT2D eigenvalue weighted by Crippen LogP contribution is 2.31. The fourth-order valence-corrected chi connectivity index (χ4v) is 2.23. The molecule has 0 heterocycles. The van der Waals surface area contributed by atoms with Crippen molar-refractivity contribution in [2.24, 2.45) is 17.6 Å². The summed E-state index contributed by atoms with van der Waals surface area (Å²) in [7, 11) is 0. The molecule has 0 fully saturated rings. The van der Waals surface area contributed by atoms with Crippen LogP contribution < -0.4 is 5.73 Å². The third-order valence-electron chi connectivity index (χ3n) is 2.80. The fourth-order valence-electron chi connectivity index (χ4n) is 1.95. The minimum atomic E-state index is -0.740. The topological polar surface area (TPSA) is 46.2 Å². The molecule has 0 aliphatic rings. The number of benzene rings is 1. The van der Waals surface area contributed by atoms with E-state index in [0.717, 1.165) is 6.42 Å². The van der Waals surface area contributed by atoms with Gasteiger partial charge in [0.15, 0.2) is 0 Å². The Morgan fingerprint density at radius 2 is 2.06 bits per heavy atom. The lowest BCUT2D eigenvalue weighted by Gasteiger charge is -2.24. The molecular weight excluding hydrogens is 241 g/mol. The van der Waals surface area contributed by atoms with Gasteiger partial charge < -0.3 is 10.8 Å². The number of rotatable bonds is 5. The second kappa shape index (κ2) is 6.34. The van der Waals surface area contributed by atoms with Crippen molar-refractivity contribution >= 4 is 11.6 Å². The molecule has 0 aromatic heterocycles. The van der Waals surface area contributed by atoms with Crippen molar-refractivity contribution in [2.45, 2.75) is 26.4 Å². The first-order chi connectivity index (χ1) is 7.95. The first-order valence-corrected chi connectivity index (χ1v) is 6.16. The van der Waals surface area contributed by atoms with Gasteiger partial charge in [0.05, 0.1) is 6.10 Å². The molecule has 0 aliphatic carbocycles. The average Bonchev–Trinajstić information content (AvgIpc) is 2.24. The lowest BCUT2D eigenvalue weighted by molar-refractivity contribution is 0.0995. The standard InChI is InChI=1S/C13H19ClFNO/c1-8(2)5-9(7-16)13(17)11-4-3-10(15)6-12(11)14/h3-4,6,8-9,13,17H,5,7,16H2,1-2H3. The maximum atomic E-state index is 12.9. The maximum Gasteiger partial charge on any atom is 0.124 e. The lowest BCUT2D eigenvalue weighted by Crippen LogP contribution is -2.23. The third-order valence-corrected chi connectivity index (χ3v) is 3.13. The molecule has 3 N–H and O–H groups in total. The van der Waals surface area contributed by atoms with E-state index in [1.807, 2.05) is 0 Å².